The number of hydrogen-bond donors (Lipinski definition) is 2. The van der Waals surface area contributed by atoms with E-state index in [1.54, 1.807) is 0 Å². The predicted molar refractivity (Wildman–Crippen MR) is 84.6 cm³/mol. The van der Waals surface area contributed by atoms with Crippen molar-refractivity contribution in [3.63, 3.8) is 0 Å². The van der Waals surface area contributed by atoms with Crippen molar-refractivity contribution in [1.29, 1.82) is 0 Å². The molecule has 1 aromatic rings. The van der Waals surface area contributed by atoms with Gasteiger partial charge < -0.3 is 20.5 Å². The zero-order valence-electron chi connectivity index (χ0n) is 12.5. The van der Waals surface area contributed by atoms with E-state index >= 15 is 0 Å². The van der Waals surface area contributed by atoms with Gasteiger partial charge in [-0.1, -0.05) is 0 Å². The van der Waals surface area contributed by atoms with Crippen molar-refractivity contribution in [3.05, 3.63) is 11.1 Å². The van der Waals surface area contributed by atoms with Gasteiger partial charge in [-0.2, -0.15) is 0 Å². The molecule has 3 N–H and O–H groups in total. The Hall–Kier alpha value is -0.690. The maximum atomic E-state index is 6.07. The van der Waals surface area contributed by atoms with Gasteiger partial charge in [-0.15, -0.1) is 11.3 Å². The number of rotatable bonds is 5. The summed E-state index contributed by atoms with van der Waals surface area (Å²) in [5.41, 5.74) is 6.85. The molecule has 118 valence electrons. The van der Waals surface area contributed by atoms with Gasteiger partial charge in [-0.3, -0.25) is 0 Å². The van der Waals surface area contributed by atoms with Crippen LogP contribution < -0.4 is 11.1 Å². The molecule has 3 heterocycles. The zero-order valence-corrected chi connectivity index (χ0v) is 13.3. The molecule has 0 radical (unpaired) electrons. The molecule has 0 aromatic carbocycles. The van der Waals surface area contributed by atoms with E-state index < -0.39 is 0 Å². The third kappa shape index (κ3) is 4.16. The smallest absolute Gasteiger partial charge is 0.180 e. The van der Waals surface area contributed by atoms with Gasteiger partial charge in [0, 0.05) is 31.2 Å². The Balaban J connectivity index is 1.38. The van der Waals surface area contributed by atoms with Crippen LogP contribution in [-0.4, -0.2) is 43.0 Å². The van der Waals surface area contributed by atoms with Crippen molar-refractivity contribution in [1.82, 2.24) is 10.3 Å². The zero-order chi connectivity index (χ0) is 14.5. The van der Waals surface area contributed by atoms with Gasteiger partial charge >= 0.3 is 0 Å². The number of hydrogen-bond acceptors (Lipinski definition) is 6. The Bertz CT molecular complexity index is 440. The van der Waals surface area contributed by atoms with Crippen LogP contribution in [0.15, 0.2) is 5.38 Å². The minimum absolute atomic E-state index is 0.0809. The van der Waals surface area contributed by atoms with E-state index in [2.05, 4.69) is 15.7 Å². The van der Waals surface area contributed by atoms with Crippen LogP contribution in [-0.2, 0) is 15.9 Å². The molecular formula is C15H25N3O2S. The van der Waals surface area contributed by atoms with Gasteiger partial charge in [0.2, 0.25) is 0 Å². The molecule has 2 fully saturated rings. The summed E-state index contributed by atoms with van der Waals surface area (Å²) in [7, 11) is 0. The fraction of sp³-hybridized carbons (Fsp3) is 0.800. The molecule has 5 nitrogen and oxygen atoms in total. The average molecular weight is 311 g/mol. The molecule has 2 aliphatic rings. The molecule has 6 heteroatoms. The van der Waals surface area contributed by atoms with Crippen LogP contribution in [0.3, 0.4) is 0 Å². The van der Waals surface area contributed by atoms with Crippen LogP contribution in [0.25, 0.3) is 0 Å². The maximum absolute atomic E-state index is 6.07. The molecular weight excluding hydrogens is 286 g/mol. The molecule has 1 unspecified atom stereocenters. The number of aromatic nitrogens is 1. The normalized spacial score (nSPS) is 25.2. The van der Waals surface area contributed by atoms with E-state index in [1.165, 1.54) is 11.3 Å². The number of ether oxygens (including phenoxy) is 2. The standard InChI is InChI=1S/C15H25N3O2S/c16-14-18-13(11-21-14)2-1-6-17-12-3-7-20-15(10-12)4-8-19-9-5-15/h11-12,17H,1-10H2,(H2,16,18). The van der Waals surface area contributed by atoms with Crippen molar-refractivity contribution in [2.45, 2.75) is 50.2 Å². The van der Waals surface area contributed by atoms with Crippen molar-refractivity contribution < 1.29 is 9.47 Å². The molecule has 1 aromatic heterocycles. The van der Waals surface area contributed by atoms with Gasteiger partial charge in [0.25, 0.3) is 0 Å². The van der Waals surface area contributed by atoms with E-state index in [0.717, 1.165) is 70.6 Å². The summed E-state index contributed by atoms with van der Waals surface area (Å²) < 4.78 is 11.5. The van der Waals surface area contributed by atoms with Crippen LogP contribution in [0.2, 0.25) is 0 Å². The molecule has 1 atom stereocenters. The molecule has 0 amide bonds. The molecule has 21 heavy (non-hydrogen) atoms. The average Bonchev–Trinajstić information content (AvgIpc) is 2.90. The Morgan fingerprint density at radius 3 is 3.00 bits per heavy atom. The Morgan fingerprint density at radius 1 is 1.38 bits per heavy atom. The highest BCUT2D eigenvalue weighted by atomic mass is 32.1. The highest BCUT2D eigenvalue weighted by Gasteiger charge is 2.38. The summed E-state index contributed by atoms with van der Waals surface area (Å²) in [6.07, 6.45) is 6.44. The quantitative estimate of drug-likeness (QED) is 0.814. The number of nitrogens with two attached hydrogens (primary N) is 1. The summed E-state index contributed by atoms with van der Waals surface area (Å²) in [4.78, 5) is 4.30. The van der Waals surface area contributed by atoms with Gasteiger partial charge in [0.05, 0.1) is 11.3 Å². The van der Waals surface area contributed by atoms with Gasteiger partial charge in [-0.05, 0) is 45.1 Å². The van der Waals surface area contributed by atoms with E-state index in [4.69, 9.17) is 15.2 Å². The Kier molecular flexibility index (Phi) is 5.11. The summed E-state index contributed by atoms with van der Waals surface area (Å²) in [5, 5.41) is 6.42. The number of thiazole rings is 1. The first kappa shape index (κ1) is 15.2. The summed E-state index contributed by atoms with van der Waals surface area (Å²) in [5.74, 6) is 0. The number of nitrogens with zero attached hydrogens (tertiary/aromatic N) is 1. The minimum Gasteiger partial charge on any atom is -0.381 e. The highest BCUT2D eigenvalue weighted by Crippen LogP contribution is 2.34. The first-order chi connectivity index (χ1) is 10.3. The summed E-state index contributed by atoms with van der Waals surface area (Å²) in [6, 6.07) is 0.581. The Morgan fingerprint density at radius 2 is 2.24 bits per heavy atom. The fourth-order valence-electron chi connectivity index (χ4n) is 3.31. The van der Waals surface area contributed by atoms with Crippen LogP contribution in [0.1, 0.15) is 37.8 Å². The number of anilines is 1. The first-order valence-electron chi connectivity index (χ1n) is 7.91. The van der Waals surface area contributed by atoms with Crippen molar-refractivity contribution in [2.75, 3.05) is 32.1 Å². The van der Waals surface area contributed by atoms with Crippen LogP contribution in [0, 0.1) is 0 Å². The van der Waals surface area contributed by atoms with E-state index in [-0.39, 0.29) is 5.60 Å². The second-order valence-corrected chi connectivity index (χ2v) is 6.96. The third-order valence-electron chi connectivity index (χ3n) is 4.51. The summed E-state index contributed by atoms with van der Waals surface area (Å²) in [6.45, 7) is 3.60. The van der Waals surface area contributed by atoms with Crippen LogP contribution >= 0.6 is 11.3 Å². The largest absolute Gasteiger partial charge is 0.381 e. The molecule has 1 spiro atoms. The molecule has 2 saturated heterocycles. The van der Waals surface area contributed by atoms with Crippen molar-refractivity contribution >= 4 is 16.5 Å². The predicted octanol–water partition coefficient (Wildman–Crippen LogP) is 1.98. The fourth-order valence-corrected chi connectivity index (χ4v) is 3.90. The lowest BCUT2D eigenvalue weighted by molar-refractivity contribution is -0.140. The lowest BCUT2D eigenvalue weighted by Crippen LogP contribution is -2.50. The minimum atomic E-state index is 0.0809. The Labute approximate surface area is 130 Å². The topological polar surface area (TPSA) is 69.4 Å². The van der Waals surface area contributed by atoms with Crippen LogP contribution in [0.5, 0.6) is 0 Å². The number of aryl methyl sites for hydroxylation is 1. The molecule has 2 aliphatic heterocycles. The molecule has 0 bridgehead atoms. The van der Waals surface area contributed by atoms with Gasteiger partial charge in [-0.25, -0.2) is 4.98 Å². The van der Waals surface area contributed by atoms with E-state index in [1.807, 2.05) is 0 Å². The number of nitrogens with one attached hydrogen (secondary N) is 1. The van der Waals surface area contributed by atoms with Crippen molar-refractivity contribution in [3.8, 4) is 0 Å². The third-order valence-corrected chi connectivity index (χ3v) is 5.23. The van der Waals surface area contributed by atoms with E-state index in [9.17, 15) is 0 Å². The monoisotopic (exact) mass is 311 g/mol. The van der Waals surface area contributed by atoms with Gasteiger partial charge in [0.1, 0.15) is 0 Å². The summed E-state index contributed by atoms with van der Waals surface area (Å²) >= 11 is 1.52. The first-order valence-corrected chi connectivity index (χ1v) is 8.79. The lowest BCUT2D eigenvalue weighted by atomic mass is 9.84. The second kappa shape index (κ2) is 7.05. The molecule has 0 saturated carbocycles. The molecule has 0 aliphatic carbocycles. The lowest BCUT2D eigenvalue weighted by Gasteiger charge is -2.43. The second-order valence-electron chi connectivity index (χ2n) is 6.07. The highest BCUT2D eigenvalue weighted by molar-refractivity contribution is 7.13. The van der Waals surface area contributed by atoms with E-state index in [0.29, 0.717) is 11.2 Å². The SMILES string of the molecule is Nc1nc(CCCNC2CCOC3(CCOCC3)C2)cs1. The van der Waals surface area contributed by atoms with Gasteiger partial charge in [0.15, 0.2) is 5.13 Å². The molecule has 3 rings (SSSR count). The maximum Gasteiger partial charge on any atom is 0.180 e. The van der Waals surface area contributed by atoms with Crippen molar-refractivity contribution in [2.24, 2.45) is 0 Å². The number of nitrogen functional groups attached to an aromatic ring is 1. The van der Waals surface area contributed by atoms with Crippen LogP contribution in [0.4, 0.5) is 5.13 Å².